The first-order valence-corrected chi connectivity index (χ1v) is 7.71. The lowest BCUT2D eigenvalue weighted by atomic mass is 10.1. The van der Waals surface area contributed by atoms with Crippen LogP contribution in [0.2, 0.25) is 0 Å². The number of benzene rings is 2. The fourth-order valence-corrected chi connectivity index (χ4v) is 2.26. The molecule has 0 unspecified atom stereocenters. The molecule has 0 aliphatic carbocycles. The van der Waals surface area contributed by atoms with Crippen molar-refractivity contribution in [1.29, 1.82) is 0 Å². The molecule has 6 nitrogen and oxygen atoms in total. The zero-order valence-electron chi connectivity index (χ0n) is 14.7. The summed E-state index contributed by atoms with van der Waals surface area (Å²) in [5.74, 6) is 0.0534. The smallest absolute Gasteiger partial charge is 0.338 e. The van der Waals surface area contributed by atoms with Crippen LogP contribution in [0.1, 0.15) is 21.5 Å². The molecular weight excluding hydrogens is 322 g/mol. The van der Waals surface area contributed by atoms with Crippen LogP contribution >= 0.6 is 0 Å². The number of ether oxygens (including phenoxy) is 3. The Morgan fingerprint density at radius 2 is 1.76 bits per heavy atom. The lowest BCUT2D eigenvalue weighted by Crippen LogP contribution is -2.21. The monoisotopic (exact) mass is 343 g/mol. The normalized spacial score (nSPS) is 10.1. The molecule has 0 saturated carbocycles. The molecule has 0 aromatic heterocycles. The summed E-state index contributed by atoms with van der Waals surface area (Å²) < 4.78 is 15.4. The maximum atomic E-state index is 12.2. The van der Waals surface area contributed by atoms with Gasteiger partial charge in [-0.25, -0.2) is 4.79 Å². The topological polar surface area (TPSA) is 73.9 Å². The number of nitrogens with one attached hydrogen (secondary N) is 1. The number of carbonyl (C=O) groups excluding carboxylic acids is 2. The van der Waals surface area contributed by atoms with Crippen molar-refractivity contribution in [2.75, 3.05) is 26.1 Å². The van der Waals surface area contributed by atoms with Gasteiger partial charge in [-0.05, 0) is 37.6 Å². The number of hydrogen-bond donors (Lipinski definition) is 1. The van der Waals surface area contributed by atoms with Crippen molar-refractivity contribution in [3.05, 3.63) is 53.1 Å². The van der Waals surface area contributed by atoms with Gasteiger partial charge in [0.05, 0.1) is 25.5 Å². The van der Waals surface area contributed by atoms with Gasteiger partial charge in [0, 0.05) is 6.07 Å². The van der Waals surface area contributed by atoms with Gasteiger partial charge in [0.15, 0.2) is 6.61 Å². The van der Waals surface area contributed by atoms with E-state index in [4.69, 9.17) is 14.2 Å². The Morgan fingerprint density at radius 1 is 1.00 bits per heavy atom. The third-order valence-electron chi connectivity index (χ3n) is 3.63. The second-order valence-corrected chi connectivity index (χ2v) is 5.51. The lowest BCUT2D eigenvalue weighted by molar-refractivity contribution is -0.119. The summed E-state index contributed by atoms with van der Waals surface area (Å²) in [4.78, 5) is 24.2. The number of anilines is 1. The minimum absolute atomic E-state index is 0.396. The third-order valence-corrected chi connectivity index (χ3v) is 3.63. The molecule has 0 atom stereocenters. The first kappa shape index (κ1) is 18.3. The van der Waals surface area contributed by atoms with Crippen LogP contribution in [0.15, 0.2) is 36.4 Å². The molecule has 0 fully saturated rings. The van der Waals surface area contributed by atoms with E-state index in [0.717, 1.165) is 11.1 Å². The standard InChI is InChI=1S/C19H21NO5/c1-12-5-6-13(2)15(9-12)19(22)25-11-18(21)20-16-10-14(23-3)7-8-17(16)24-4/h5-10H,11H2,1-4H3,(H,20,21). The Morgan fingerprint density at radius 3 is 2.44 bits per heavy atom. The highest BCUT2D eigenvalue weighted by Gasteiger charge is 2.14. The fraction of sp³-hybridized carbons (Fsp3) is 0.263. The molecular formula is C19H21NO5. The van der Waals surface area contributed by atoms with Crippen molar-refractivity contribution < 1.29 is 23.8 Å². The van der Waals surface area contributed by atoms with Gasteiger partial charge in [0.2, 0.25) is 0 Å². The van der Waals surface area contributed by atoms with E-state index in [9.17, 15) is 9.59 Å². The van der Waals surface area contributed by atoms with Crippen molar-refractivity contribution >= 4 is 17.6 Å². The van der Waals surface area contributed by atoms with E-state index < -0.39 is 18.5 Å². The van der Waals surface area contributed by atoms with E-state index >= 15 is 0 Å². The van der Waals surface area contributed by atoms with E-state index in [1.807, 2.05) is 26.0 Å². The summed E-state index contributed by atoms with van der Waals surface area (Å²) in [6.07, 6.45) is 0. The number of esters is 1. The van der Waals surface area contributed by atoms with E-state index in [-0.39, 0.29) is 0 Å². The first-order valence-electron chi connectivity index (χ1n) is 7.71. The van der Waals surface area contributed by atoms with Gasteiger partial charge in [0.1, 0.15) is 11.5 Å². The Kier molecular flexibility index (Phi) is 6.00. The molecule has 2 aromatic rings. The van der Waals surface area contributed by atoms with Crippen LogP contribution in [0.25, 0.3) is 0 Å². The van der Waals surface area contributed by atoms with Crippen LogP contribution in [0.4, 0.5) is 5.69 Å². The van der Waals surface area contributed by atoms with Crippen molar-refractivity contribution in [3.8, 4) is 11.5 Å². The zero-order valence-corrected chi connectivity index (χ0v) is 14.7. The molecule has 2 rings (SSSR count). The lowest BCUT2D eigenvalue weighted by Gasteiger charge is -2.12. The average Bonchev–Trinajstić information content (AvgIpc) is 2.61. The SMILES string of the molecule is COc1ccc(OC)c(NC(=O)COC(=O)c2cc(C)ccc2C)c1. The van der Waals surface area contributed by atoms with Crippen molar-refractivity contribution in [1.82, 2.24) is 0 Å². The van der Waals surface area contributed by atoms with Crippen molar-refractivity contribution in [3.63, 3.8) is 0 Å². The Hall–Kier alpha value is -3.02. The number of rotatable bonds is 6. The molecule has 0 saturated heterocycles. The maximum absolute atomic E-state index is 12.2. The van der Waals surface area contributed by atoms with Gasteiger partial charge >= 0.3 is 5.97 Å². The van der Waals surface area contributed by atoms with Crippen molar-refractivity contribution in [2.45, 2.75) is 13.8 Å². The highest BCUT2D eigenvalue weighted by atomic mass is 16.5. The predicted molar refractivity (Wildman–Crippen MR) is 94.4 cm³/mol. The average molecular weight is 343 g/mol. The maximum Gasteiger partial charge on any atom is 0.338 e. The van der Waals surface area contributed by atoms with E-state index in [1.165, 1.54) is 14.2 Å². The van der Waals surface area contributed by atoms with Gasteiger partial charge in [-0.1, -0.05) is 17.7 Å². The van der Waals surface area contributed by atoms with Crippen LogP contribution in [0, 0.1) is 13.8 Å². The number of carbonyl (C=O) groups is 2. The highest BCUT2D eigenvalue weighted by Crippen LogP contribution is 2.28. The number of amides is 1. The summed E-state index contributed by atoms with van der Waals surface area (Å²) in [7, 11) is 3.03. The molecule has 25 heavy (non-hydrogen) atoms. The molecule has 1 amide bonds. The van der Waals surface area contributed by atoms with Gasteiger partial charge in [-0.2, -0.15) is 0 Å². The van der Waals surface area contributed by atoms with Crippen LogP contribution in [-0.4, -0.2) is 32.7 Å². The molecule has 0 spiro atoms. The summed E-state index contributed by atoms with van der Waals surface area (Å²) in [5, 5.41) is 2.65. The Bertz CT molecular complexity index is 785. The summed E-state index contributed by atoms with van der Waals surface area (Å²) >= 11 is 0. The van der Waals surface area contributed by atoms with E-state index in [2.05, 4.69) is 5.32 Å². The van der Waals surface area contributed by atoms with E-state index in [1.54, 1.807) is 24.3 Å². The van der Waals surface area contributed by atoms with Crippen LogP contribution in [0.5, 0.6) is 11.5 Å². The number of methoxy groups -OCH3 is 2. The molecule has 6 heteroatoms. The Labute approximate surface area is 146 Å². The predicted octanol–water partition coefficient (Wildman–Crippen LogP) is 3.12. The molecule has 132 valence electrons. The van der Waals surface area contributed by atoms with Crippen LogP contribution in [0.3, 0.4) is 0 Å². The zero-order chi connectivity index (χ0) is 18.4. The van der Waals surface area contributed by atoms with Crippen molar-refractivity contribution in [2.24, 2.45) is 0 Å². The van der Waals surface area contributed by atoms with Gasteiger partial charge < -0.3 is 19.5 Å². The third kappa shape index (κ3) is 4.73. The molecule has 0 radical (unpaired) electrons. The van der Waals surface area contributed by atoms with Gasteiger partial charge in [-0.3, -0.25) is 4.79 Å². The number of hydrogen-bond acceptors (Lipinski definition) is 5. The van der Waals surface area contributed by atoms with Gasteiger partial charge in [-0.15, -0.1) is 0 Å². The second-order valence-electron chi connectivity index (χ2n) is 5.51. The summed E-state index contributed by atoms with van der Waals surface area (Å²) in [6.45, 7) is 3.31. The van der Waals surface area contributed by atoms with Gasteiger partial charge in [0.25, 0.3) is 5.91 Å². The molecule has 0 aliphatic rings. The summed E-state index contributed by atoms with van der Waals surface area (Å²) in [6, 6.07) is 10.5. The minimum Gasteiger partial charge on any atom is -0.497 e. The highest BCUT2D eigenvalue weighted by molar-refractivity contribution is 5.97. The second kappa shape index (κ2) is 8.19. The van der Waals surface area contributed by atoms with Crippen LogP contribution in [-0.2, 0) is 9.53 Å². The summed E-state index contributed by atoms with van der Waals surface area (Å²) in [5.41, 5.74) is 2.63. The molecule has 1 N–H and O–H groups in total. The largest absolute Gasteiger partial charge is 0.497 e. The molecule has 0 aliphatic heterocycles. The Balaban J connectivity index is 2.01. The molecule has 2 aromatic carbocycles. The quantitative estimate of drug-likeness (QED) is 0.816. The molecule has 0 heterocycles. The minimum atomic E-state index is -0.533. The number of aryl methyl sites for hydroxylation is 2. The molecule has 0 bridgehead atoms. The fourth-order valence-electron chi connectivity index (χ4n) is 2.26. The van der Waals surface area contributed by atoms with Crippen LogP contribution < -0.4 is 14.8 Å². The first-order chi connectivity index (χ1) is 11.9. The van der Waals surface area contributed by atoms with E-state index in [0.29, 0.717) is 22.7 Å².